The SMILES string of the molecule is [CH2]C([CH2])(COS(=O)(=O)c1ccccc1)COS(=O)(=O)c1ccccc1. The zero-order chi connectivity index (χ0) is 18.6. The van der Waals surface area contributed by atoms with Gasteiger partial charge in [0.05, 0.1) is 23.0 Å². The lowest BCUT2D eigenvalue weighted by molar-refractivity contribution is 0.159. The molecule has 0 spiro atoms. The fraction of sp³-hybridized carbons (Fsp3) is 0.176. The van der Waals surface area contributed by atoms with Crippen molar-refractivity contribution in [2.45, 2.75) is 9.79 Å². The summed E-state index contributed by atoms with van der Waals surface area (Å²) in [6.45, 7) is 6.47. The van der Waals surface area contributed by atoms with Gasteiger partial charge in [-0.2, -0.15) is 16.8 Å². The molecule has 2 aromatic carbocycles. The Morgan fingerprint density at radius 3 is 1.32 bits per heavy atom. The molecule has 25 heavy (non-hydrogen) atoms. The van der Waals surface area contributed by atoms with E-state index in [0.717, 1.165) is 0 Å². The highest BCUT2D eigenvalue weighted by Crippen LogP contribution is 2.22. The van der Waals surface area contributed by atoms with Gasteiger partial charge in [-0.25, -0.2) is 0 Å². The van der Waals surface area contributed by atoms with Gasteiger partial charge in [0.1, 0.15) is 0 Å². The van der Waals surface area contributed by atoms with Crippen LogP contribution in [0, 0.1) is 19.3 Å². The van der Waals surface area contributed by atoms with Crippen LogP contribution in [-0.4, -0.2) is 30.0 Å². The summed E-state index contributed by atoms with van der Waals surface area (Å²) in [6.07, 6.45) is 0. The highest BCUT2D eigenvalue weighted by molar-refractivity contribution is 7.87. The molecule has 0 aliphatic carbocycles. The monoisotopic (exact) mass is 382 g/mol. The van der Waals surface area contributed by atoms with Crippen molar-refractivity contribution in [3.63, 3.8) is 0 Å². The second-order valence-electron chi connectivity index (χ2n) is 5.56. The number of hydrogen-bond donors (Lipinski definition) is 0. The summed E-state index contributed by atoms with van der Waals surface area (Å²) in [5.41, 5.74) is -1.33. The minimum atomic E-state index is -3.98. The Bertz CT molecular complexity index is 813. The molecule has 0 bridgehead atoms. The smallest absolute Gasteiger partial charge is 0.266 e. The van der Waals surface area contributed by atoms with Crippen molar-refractivity contribution < 1.29 is 25.2 Å². The molecule has 0 saturated heterocycles. The van der Waals surface area contributed by atoms with E-state index >= 15 is 0 Å². The molecule has 0 atom stereocenters. The van der Waals surface area contributed by atoms with Crippen molar-refractivity contribution >= 4 is 20.2 Å². The highest BCUT2D eigenvalue weighted by Gasteiger charge is 2.27. The van der Waals surface area contributed by atoms with E-state index in [1.807, 2.05) is 0 Å². The maximum Gasteiger partial charge on any atom is 0.296 e. The maximum absolute atomic E-state index is 12.1. The predicted molar refractivity (Wildman–Crippen MR) is 92.3 cm³/mol. The van der Waals surface area contributed by atoms with Crippen molar-refractivity contribution in [2.24, 2.45) is 5.41 Å². The van der Waals surface area contributed by atoms with Gasteiger partial charge in [-0.05, 0) is 38.1 Å². The summed E-state index contributed by atoms with van der Waals surface area (Å²) in [5.74, 6) is 0. The summed E-state index contributed by atoms with van der Waals surface area (Å²) in [7, 11) is -7.97. The lowest BCUT2D eigenvalue weighted by Crippen LogP contribution is -2.29. The Balaban J connectivity index is 1.98. The quantitative estimate of drug-likeness (QED) is 0.652. The molecule has 6 nitrogen and oxygen atoms in total. The number of rotatable bonds is 8. The van der Waals surface area contributed by atoms with Gasteiger partial charge in [0.15, 0.2) is 0 Å². The zero-order valence-corrected chi connectivity index (χ0v) is 15.0. The Morgan fingerprint density at radius 2 is 1.00 bits per heavy atom. The average Bonchev–Trinajstić information content (AvgIpc) is 2.60. The van der Waals surface area contributed by atoms with E-state index in [-0.39, 0.29) is 9.79 Å². The Kier molecular flexibility index (Phi) is 5.99. The van der Waals surface area contributed by atoms with E-state index < -0.39 is 38.9 Å². The third-order valence-electron chi connectivity index (χ3n) is 3.10. The average molecular weight is 382 g/mol. The third-order valence-corrected chi connectivity index (χ3v) is 5.66. The lowest BCUT2D eigenvalue weighted by Gasteiger charge is -2.23. The fourth-order valence-electron chi connectivity index (χ4n) is 1.76. The second kappa shape index (κ2) is 7.65. The zero-order valence-electron chi connectivity index (χ0n) is 13.4. The normalized spacial score (nSPS) is 12.9. The van der Waals surface area contributed by atoms with Gasteiger partial charge < -0.3 is 0 Å². The first-order valence-electron chi connectivity index (χ1n) is 7.22. The van der Waals surface area contributed by atoms with E-state index in [9.17, 15) is 16.8 Å². The van der Waals surface area contributed by atoms with Crippen LogP contribution in [0.5, 0.6) is 0 Å². The molecular formula is C17H18O6S2. The number of benzene rings is 2. The summed E-state index contributed by atoms with van der Waals surface area (Å²) in [5, 5.41) is 0. The topological polar surface area (TPSA) is 86.7 Å². The molecule has 0 fully saturated rings. The van der Waals surface area contributed by atoms with Gasteiger partial charge in [0.25, 0.3) is 20.2 Å². The Morgan fingerprint density at radius 1 is 0.680 bits per heavy atom. The van der Waals surface area contributed by atoms with Gasteiger partial charge in [-0.3, -0.25) is 8.37 Å². The molecule has 0 heterocycles. The molecule has 134 valence electrons. The first-order chi connectivity index (χ1) is 11.6. The van der Waals surface area contributed by atoms with Crippen LogP contribution in [0.25, 0.3) is 0 Å². The Hall–Kier alpha value is -1.74. The van der Waals surface area contributed by atoms with Gasteiger partial charge >= 0.3 is 0 Å². The van der Waals surface area contributed by atoms with Crippen LogP contribution in [0.4, 0.5) is 0 Å². The van der Waals surface area contributed by atoms with Crippen LogP contribution in [-0.2, 0) is 28.6 Å². The molecule has 2 radical (unpaired) electrons. The molecule has 0 aliphatic heterocycles. The molecule has 0 aliphatic rings. The van der Waals surface area contributed by atoms with Crippen LogP contribution in [0.1, 0.15) is 0 Å². The maximum atomic E-state index is 12.1. The minimum Gasteiger partial charge on any atom is -0.266 e. The van der Waals surface area contributed by atoms with E-state index in [2.05, 4.69) is 13.8 Å². The number of hydrogen-bond acceptors (Lipinski definition) is 6. The highest BCUT2D eigenvalue weighted by atomic mass is 32.2. The minimum absolute atomic E-state index is 0.0105. The van der Waals surface area contributed by atoms with Crippen molar-refractivity contribution in [2.75, 3.05) is 13.2 Å². The van der Waals surface area contributed by atoms with Gasteiger partial charge in [-0.1, -0.05) is 36.4 Å². The fourth-order valence-corrected chi connectivity index (χ4v) is 3.82. The van der Waals surface area contributed by atoms with Gasteiger partial charge in [-0.15, -0.1) is 0 Å². The van der Waals surface area contributed by atoms with Gasteiger partial charge in [0, 0.05) is 5.41 Å². The molecule has 0 N–H and O–H groups in total. The predicted octanol–water partition coefficient (Wildman–Crippen LogP) is 2.45. The first kappa shape index (κ1) is 19.6. The van der Waals surface area contributed by atoms with Crippen molar-refractivity contribution in [3.8, 4) is 0 Å². The lowest BCUT2D eigenvalue weighted by atomic mass is 9.97. The molecule has 0 saturated carbocycles. The summed E-state index contributed by atoms with van der Waals surface area (Å²) in [4.78, 5) is -0.0211. The molecule has 0 unspecified atom stereocenters. The summed E-state index contributed by atoms with van der Waals surface area (Å²) in [6, 6.07) is 15.2. The second-order valence-corrected chi connectivity index (χ2v) is 8.79. The van der Waals surface area contributed by atoms with Crippen molar-refractivity contribution in [3.05, 3.63) is 74.5 Å². The molecule has 8 heteroatoms. The van der Waals surface area contributed by atoms with Crippen LogP contribution >= 0.6 is 0 Å². The van der Waals surface area contributed by atoms with Crippen LogP contribution in [0.2, 0.25) is 0 Å². The van der Waals surface area contributed by atoms with Crippen LogP contribution < -0.4 is 0 Å². The van der Waals surface area contributed by atoms with E-state index in [1.165, 1.54) is 24.3 Å². The van der Waals surface area contributed by atoms with E-state index in [1.54, 1.807) is 36.4 Å². The molecular weight excluding hydrogens is 364 g/mol. The van der Waals surface area contributed by atoms with Crippen molar-refractivity contribution in [1.82, 2.24) is 0 Å². The molecule has 0 aromatic heterocycles. The van der Waals surface area contributed by atoms with E-state index in [0.29, 0.717) is 0 Å². The molecule has 0 amide bonds. The van der Waals surface area contributed by atoms with Crippen LogP contribution in [0.3, 0.4) is 0 Å². The standard InChI is InChI=1S/C17H18O6S2/c1-17(2,13-22-24(18,19)15-9-5-3-6-10-15)14-23-25(20,21)16-11-7-4-8-12-16/h3-12H,1-2,13-14H2. The molecule has 2 rings (SSSR count). The third kappa shape index (κ3) is 5.64. The summed E-state index contributed by atoms with van der Waals surface area (Å²) < 4.78 is 58.1. The van der Waals surface area contributed by atoms with E-state index in [4.69, 9.17) is 8.37 Å². The first-order valence-corrected chi connectivity index (χ1v) is 10.0. The summed E-state index contributed by atoms with van der Waals surface area (Å²) >= 11 is 0. The molecule has 2 aromatic rings. The van der Waals surface area contributed by atoms with Gasteiger partial charge in [0.2, 0.25) is 0 Å². The largest absolute Gasteiger partial charge is 0.296 e. The van der Waals surface area contributed by atoms with Crippen molar-refractivity contribution in [1.29, 1.82) is 0 Å². The van der Waals surface area contributed by atoms with Crippen LogP contribution in [0.15, 0.2) is 70.5 Å². The Labute approximate surface area is 148 Å².